The molecule has 0 spiro atoms. The second-order valence-corrected chi connectivity index (χ2v) is 6.78. The maximum Gasteiger partial charge on any atom is 0.135 e. The molecule has 0 fully saturated rings. The van der Waals surface area contributed by atoms with Crippen LogP contribution in [0.25, 0.3) is 11.1 Å². The van der Waals surface area contributed by atoms with Crippen LogP contribution in [0.5, 0.6) is 0 Å². The van der Waals surface area contributed by atoms with E-state index >= 15 is 0 Å². The quantitative estimate of drug-likeness (QED) is 0.779. The molecule has 0 saturated carbocycles. The first-order valence-corrected chi connectivity index (χ1v) is 8.00. The van der Waals surface area contributed by atoms with Crippen LogP contribution in [-0.4, -0.2) is 9.97 Å². The molecule has 0 saturated heterocycles. The highest BCUT2D eigenvalue weighted by atomic mass is 15.0. The third kappa shape index (κ3) is 1.81. The van der Waals surface area contributed by atoms with Gasteiger partial charge in [0.25, 0.3) is 0 Å². The van der Waals surface area contributed by atoms with Crippen LogP contribution < -0.4 is 5.73 Å². The molecular formula is C19H25N3. The highest BCUT2D eigenvalue weighted by molar-refractivity contribution is 5.85. The molecule has 3 nitrogen and oxygen atoms in total. The summed E-state index contributed by atoms with van der Waals surface area (Å²) in [7, 11) is 0. The van der Waals surface area contributed by atoms with Crippen molar-refractivity contribution in [1.82, 2.24) is 9.97 Å². The van der Waals surface area contributed by atoms with Gasteiger partial charge in [-0.1, -0.05) is 13.8 Å². The Bertz CT molecular complexity index is 790. The van der Waals surface area contributed by atoms with Crippen LogP contribution in [-0.2, 0) is 0 Å². The predicted octanol–water partition coefficient (Wildman–Crippen LogP) is 4.49. The van der Waals surface area contributed by atoms with Gasteiger partial charge in [-0.15, -0.1) is 0 Å². The maximum absolute atomic E-state index is 6.32. The van der Waals surface area contributed by atoms with Gasteiger partial charge in [-0.25, -0.2) is 9.97 Å². The van der Waals surface area contributed by atoms with Gasteiger partial charge in [0, 0.05) is 11.5 Å². The number of nitrogens with zero attached hydrogens (tertiary/aromatic N) is 2. The van der Waals surface area contributed by atoms with E-state index in [1.54, 1.807) is 0 Å². The summed E-state index contributed by atoms with van der Waals surface area (Å²) < 4.78 is 0. The first-order chi connectivity index (χ1) is 10.3. The molecule has 2 atom stereocenters. The van der Waals surface area contributed by atoms with E-state index in [0.29, 0.717) is 17.7 Å². The van der Waals surface area contributed by atoms with E-state index in [1.807, 2.05) is 6.92 Å². The number of aryl methyl sites for hydroxylation is 1. The molecule has 3 rings (SSSR count). The fourth-order valence-electron chi connectivity index (χ4n) is 3.92. The summed E-state index contributed by atoms with van der Waals surface area (Å²) in [5, 5.41) is 0. The standard InChI is InChI=1S/C19H25N3/c1-8-9(2)11(4)16-15(10(8)3)12(5)13(6)18-17(16)19(20)22-14(7)21-18/h12-13H,1-7H3,(H2,20,21,22). The zero-order chi connectivity index (χ0) is 16.3. The maximum atomic E-state index is 6.32. The summed E-state index contributed by atoms with van der Waals surface area (Å²) in [4.78, 5) is 9.17. The molecule has 116 valence electrons. The lowest BCUT2D eigenvalue weighted by molar-refractivity contribution is 0.592. The minimum absolute atomic E-state index is 0.353. The number of fused-ring (bicyclic) bond motifs is 3. The lowest BCUT2D eigenvalue weighted by atomic mass is 9.71. The van der Waals surface area contributed by atoms with Gasteiger partial charge < -0.3 is 5.73 Å². The number of hydrogen-bond acceptors (Lipinski definition) is 3. The van der Waals surface area contributed by atoms with Crippen LogP contribution >= 0.6 is 0 Å². The molecule has 1 aromatic carbocycles. The molecule has 2 aromatic rings. The van der Waals surface area contributed by atoms with Crippen molar-refractivity contribution in [1.29, 1.82) is 0 Å². The summed E-state index contributed by atoms with van der Waals surface area (Å²) in [5.74, 6) is 2.17. The lowest BCUT2D eigenvalue weighted by Gasteiger charge is -2.35. The second kappa shape index (κ2) is 4.80. The van der Waals surface area contributed by atoms with Crippen LogP contribution in [0.1, 0.15) is 65.0 Å². The average Bonchev–Trinajstić information content (AvgIpc) is 2.46. The summed E-state index contributed by atoms with van der Waals surface area (Å²) in [6, 6.07) is 0. The predicted molar refractivity (Wildman–Crippen MR) is 92.4 cm³/mol. The molecule has 0 aliphatic heterocycles. The minimum Gasteiger partial charge on any atom is -0.383 e. The number of aromatic nitrogens is 2. The topological polar surface area (TPSA) is 51.8 Å². The Hall–Kier alpha value is -1.90. The Morgan fingerprint density at radius 3 is 1.95 bits per heavy atom. The van der Waals surface area contributed by atoms with E-state index in [-0.39, 0.29) is 0 Å². The summed E-state index contributed by atoms with van der Waals surface area (Å²) in [5.41, 5.74) is 16.7. The Morgan fingerprint density at radius 1 is 0.727 bits per heavy atom. The van der Waals surface area contributed by atoms with E-state index in [4.69, 9.17) is 10.7 Å². The molecule has 1 heterocycles. The fraction of sp³-hybridized carbons (Fsp3) is 0.474. The molecule has 2 unspecified atom stereocenters. The van der Waals surface area contributed by atoms with Crippen molar-refractivity contribution in [3.05, 3.63) is 39.3 Å². The van der Waals surface area contributed by atoms with Crippen molar-refractivity contribution in [3.8, 4) is 11.1 Å². The van der Waals surface area contributed by atoms with Crippen LogP contribution in [0.4, 0.5) is 5.82 Å². The van der Waals surface area contributed by atoms with Crippen LogP contribution in [0.2, 0.25) is 0 Å². The van der Waals surface area contributed by atoms with Gasteiger partial charge in [0.2, 0.25) is 0 Å². The van der Waals surface area contributed by atoms with Crippen molar-refractivity contribution < 1.29 is 0 Å². The molecule has 0 bridgehead atoms. The largest absolute Gasteiger partial charge is 0.383 e. The Kier molecular flexibility index (Phi) is 3.28. The molecular weight excluding hydrogens is 270 g/mol. The first kappa shape index (κ1) is 15.0. The molecule has 22 heavy (non-hydrogen) atoms. The first-order valence-electron chi connectivity index (χ1n) is 8.00. The average molecular weight is 295 g/mol. The Balaban J connectivity index is 2.51. The van der Waals surface area contributed by atoms with Gasteiger partial charge in [0.1, 0.15) is 11.6 Å². The van der Waals surface area contributed by atoms with Crippen molar-refractivity contribution in [3.63, 3.8) is 0 Å². The highest BCUT2D eigenvalue weighted by Crippen LogP contribution is 2.51. The number of benzene rings is 1. The monoisotopic (exact) mass is 295 g/mol. The smallest absolute Gasteiger partial charge is 0.135 e. The van der Waals surface area contributed by atoms with Gasteiger partial charge in [-0.3, -0.25) is 0 Å². The number of nitrogen functional groups attached to an aromatic ring is 1. The fourth-order valence-corrected chi connectivity index (χ4v) is 3.92. The van der Waals surface area contributed by atoms with E-state index in [2.05, 4.69) is 46.5 Å². The number of rotatable bonds is 0. The number of anilines is 1. The molecule has 0 amide bonds. The van der Waals surface area contributed by atoms with Crippen molar-refractivity contribution in [2.24, 2.45) is 0 Å². The SMILES string of the molecule is Cc1nc(N)c2c(n1)C(C)C(C)c1c(C)c(C)c(C)c(C)c1-2. The Morgan fingerprint density at radius 2 is 1.32 bits per heavy atom. The van der Waals surface area contributed by atoms with Gasteiger partial charge in [-0.05, 0) is 73.9 Å². The summed E-state index contributed by atoms with van der Waals surface area (Å²) in [6.45, 7) is 15.3. The van der Waals surface area contributed by atoms with Crippen LogP contribution in [0.15, 0.2) is 0 Å². The number of nitrogens with two attached hydrogens (primary N) is 1. The Labute approximate surface area is 133 Å². The van der Waals surface area contributed by atoms with Crippen molar-refractivity contribution >= 4 is 5.82 Å². The normalized spacial score (nSPS) is 19.8. The molecule has 2 N–H and O–H groups in total. The van der Waals surface area contributed by atoms with Crippen LogP contribution in [0.3, 0.4) is 0 Å². The van der Waals surface area contributed by atoms with Crippen LogP contribution in [0, 0.1) is 34.6 Å². The van der Waals surface area contributed by atoms with Gasteiger partial charge in [0.05, 0.1) is 5.69 Å². The van der Waals surface area contributed by atoms with E-state index in [9.17, 15) is 0 Å². The van der Waals surface area contributed by atoms with Gasteiger partial charge in [0.15, 0.2) is 0 Å². The molecule has 0 radical (unpaired) electrons. The zero-order valence-corrected chi connectivity index (χ0v) is 14.6. The molecule has 1 aliphatic rings. The third-order valence-electron chi connectivity index (χ3n) is 5.70. The van der Waals surface area contributed by atoms with Gasteiger partial charge >= 0.3 is 0 Å². The summed E-state index contributed by atoms with van der Waals surface area (Å²) in [6.07, 6.45) is 0. The third-order valence-corrected chi connectivity index (χ3v) is 5.70. The van der Waals surface area contributed by atoms with Crippen molar-refractivity contribution in [2.45, 2.75) is 60.3 Å². The summed E-state index contributed by atoms with van der Waals surface area (Å²) >= 11 is 0. The highest BCUT2D eigenvalue weighted by Gasteiger charge is 2.34. The van der Waals surface area contributed by atoms with Crippen molar-refractivity contribution in [2.75, 3.05) is 5.73 Å². The lowest BCUT2D eigenvalue weighted by Crippen LogP contribution is -2.20. The van der Waals surface area contributed by atoms with E-state index in [1.165, 1.54) is 33.4 Å². The number of hydrogen-bond donors (Lipinski definition) is 1. The molecule has 1 aliphatic carbocycles. The van der Waals surface area contributed by atoms with Gasteiger partial charge in [-0.2, -0.15) is 0 Å². The second-order valence-electron chi connectivity index (χ2n) is 6.78. The zero-order valence-electron chi connectivity index (χ0n) is 14.6. The van der Waals surface area contributed by atoms with E-state index in [0.717, 1.165) is 17.1 Å². The molecule has 1 aromatic heterocycles. The van der Waals surface area contributed by atoms with E-state index < -0.39 is 0 Å². The molecule has 3 heteroatoms. The minimum atomic E-state index is 0.353.